The maximum absolute atomic E-state index is 11.7. The summed E-state index contributed by atoms with van der Waals surface area (Å²) in [6.45, 7) is 0. The summed E-state index contributed by atoms with van der Waals surface area (Å²) in [7, 11) is -1.26. The quantitative estimate of drug-likeness (QED) is 0.583. The molecule has 26 heavy (non-hydrogen) atoms. The van der Waals surface area contributed by atoms with E-state index in [-0.39, 0.29) is 19.3 Å². The predicted octanol–water partition coefficient (Wildman–Crippen LogP) is 2.58. The van der Waals surface area contributed by atoms with Gasteiger partial charge in [-0.25, -0.2) is 0 Å². The first-order valence-electron chi connectivity index (χ1n) is 8.13. The van der Waals surface area contributed by atoms with E-state index in [1.165, 1.54) is 0 Å². The first-order valence-corrected chi connectivity index (χ1v) is 9.03. The van der Waals surface area contributed by atoms with Gasteiger partial charge in [0.25, 0.3) is 5.34 Å². The molecule has 136 valence electrons. The molecule has 1 amide bonds. The number of rotatable bonds is 9. The van der Waals surface area contributed by atoms with Gasteiger partial charge in [0.05, 0.1) is 0 Å². The number of hydrogen-bond donors (Lipinski definition) is 3. The highest BCUT2D eigenvalue weighted by Gasteiger charge is 2.49. The van der Waals surface area contributed by atoms with E-state index in [1.54, 1.807) is 12.1 Å². The molecular weight excluding hydrogens is 353 g/mol. The highest BCUT2D eigenvalue weighted by molar-refractivity contribution is 7.25. The third-order valence-corrected chi connectivity index (χ3v) is 5.12. The highest BCUT2D eigenvalue weighted by Crippen LogP contribution is 2.36. The lowest BCUT2D eigenvalue weighted by Crippen LogP contribution is -2.40. The molecule has 0 saturated heterocycles. The van der Waals surface area contributed by atoms with Crippen LogP contribution in [0.3, 0.4) is 0 Å². The van der Waals surface area contributed by atoms with Crippen LogP contribution in [0.25, 0.3) is 11.1 Å². The van der Waals surface area contributed by atoms with Gasteiger partial charge in [0.1, 0.15) is 5.92 Å². The number of carbonyl (C=O) groups excluding carboxylic acids is 1. The average molecular weight is 374 g/mol. The summed E-state index contributed by atoms with van der Waals surface area (Å²) in [6, 6.07) is 16.9. The molecule has 2 aromatic rings. The van der Waals surface area contributed by atoms with Crippen molar-refractivity contribution in [1.29, 1.82) is 0 Å². The third-order valence-electron chi connectivity index (χ3n) is 4.24. The number of carboxylic acids is 1. The lowest BCUT2D eigenvalue weighted by atomic mass is 9.90. The number of aliphatic hydroxyl groups is 1. The van der Waals surface area contributed by atoms with Crippen molar-refractivity contribution in [3.8, 4) is 11.1 Å². The van der Waals surface area contributed by atoms with Gasteiger partial charge >= 0.3 is 14.4 Å². The number of amides is 1. The van der Waals surface area contributed by atoms with E-state index in [0.717, 1.165) is 11.1 Å². The van der Waals surface area contributed by atoms with Gasteiger partial charge in [-0.3, -0.25) is 9.59 Å². The summed E-state index contributed by atoms with van der Waals surface area (Å²) in [5.74, 6) is -3.33. The highest BCUT2D eigenvalue weighted by atomic mass is 31.1. The molecule has 4 N–H and O–H groups in total. The molecule has 2 aromatic carbocycles. The monoisotopic (exact) mass is 374 g/mol. The summed E-state index contributed by atoms with van der Waals surface area (Å²) in [5, 5.41) is 18.2. The normalized spacial score (nSPS) is 14.5. The van der Waals surface area contributed by atoms with E-state index in [2.05, 4.69) is 0 Å². The van der Waals surface area contributed by atoms with Crippen molar-refractivity contribution in [2.24, 2.45) is 11.7 Å². The van der Waals surface area contributed by atoms with Crippen LogP contribution in [0, 0.1) is 5.92 Å². The lowest BCUT2D eigenvalue weighted by molar-refractivity contribution is -0.147. The van der Waals surface area contributed by atoms with Crippen LogP contribution in [-0.2, 0) is 20.6 Å². The second-order valence-electron chi connectivity index (χ2n) is 6.17. The third kappa shape index (κ3) is 4.97. The molecule has 7 heteroatoms. The summed E-state index contributed by atoms with van der Waals surface area (Å²) >= 11 is 0. The van der Waals surface area contributed by atoms with Crippen LogP contribution in [0.4, 0.5) is 0 Å². The van der Waals surface area contributed by atoms with Crippen molar-refractivity contribution in [3.63, 3.8) is 0 Å². The Morgan fingerprint density at radius 1 is 1.08 bits per heavy atom. The van der Waals surface area contributed by atoms with Gasteiger partial charge in [0.2, 0.25) is 5.91 Å². The standard InChI is InChI=1S/C19H20NO5P/c20-17(21)10-9-16(18(22)23)19(24,26-25)12-13-5-4-8-15(11-13)14-6-2-1-3-7-14/h1-8,11,16,24H,9-10,12H2,(H2,20,21)(H,22,23)/p+1. The molecule has 0 spiro atoms. The van der Waals surface area contributed by atoms with Crippen LogP contribution in [0.2, 0.25) is 0 Å². The minimum atomic E-state index is -1.98. The van der Waals surface area contributed by atoms with E-state index >= 15 is 0 Å². The molecular formula is C19H21NO5P+. The topological polar surface area (TPSA) is 118 Å². The number of primary amides is 1. The van der Waals surface area contributed by atoms with Crippen LogP contribution >= 0.6 is 8.46 Å². The first-order chi connectivity index (χ1) is 12.4. The minimum absolute atomic E-state index is 0.106. The van der Waals surface area contributed by atoms with Gasteiger partial charge in [0, 0.05) is 12.8 Å². The zero-order valence-electron chi connectivity index (χ0n) is 14.1. The predicted molar refractivity (Wildman–Crippen MR) is 99.1 cm³/mol. The lowest BCUT2D eigenvalue weighted by Gasteiger charge is -2.22. The Bertz CT molecular complexity index is 796. The van der Waals surface area contributed by atoms with E-state index in [0.29, 0.717) is 5.56 Å². The van der Waals surface area contributed by atoms with Crippen molar-refractivity contribution < 1.29 is 24.4 Å². The second-order valence-corrected chi connectivity index (χ2v) is 7.24. The van der Waals surface area contributed by atoms with Gasteiger partial charge in [-0.15, -0.1) is 0 Å². The minimum Gasteiger partial charge on any atom is -0.481 e. The van der Waals surface area contributed by atoms with Crippen molar-refractivity contribution >= 4 is 20.3 Å². The maximum atomic E-state index is 11.7. The van der Waals surface area contributed by atoms with Crippen molar-refractivity contribution in [2.75, 3.05) is 0 Å². The van der Waals surface area contributed by atoms with Crippen LogP contribution in [0.1, 0.15) is 18.4 Å². The number of nitrogens with two attached hydrogens (primary N) is 1. The van der Waals surface area contributed by atoms with Crippen LogP contribution in [-0.4, -0.2) is 27.4 Å². The molecule has 0 bridgehead atoms. The van der Waals surface area contributed by atoms with Crippen molar-refractivity contribution in [3.05, 3.63) is 60.2 Å². The molecule has 0 fully saturated rings. The smallest absolute Gasteiger partial charge is 0.360 e. The second kappa shape index (κ2) is 8.70. The van der Waals surface area contributed by atoms with Crippen molar-refractivity contribution in [1.82, 2.24) is 0 Å². The van der Waals surface area contributed by atoms with Gasteiger partial charge < -0.3 is 15.9 Å². The van der Waals surface area contributed by atoms with Gasteiger partial charge in [0.15, 0.2) is 0 Å². The molecule has 0 aromatic heterocycles. The number of carbonyl (C=O) groups is 2. The molecule has 0 saturated carbocycles. The van der Waals surface area contributed by atoms with E-state index in [9.17, 15) is 24.4 Å². The molecule has 3 unspecified atom stereocenters. The van der Waals surface area contributed by atoms with E-state index < -0.39 is 31.6 Å². The molecule has 0 aliphatic heterocycles. The zero-order valence-corrected chi connectivity index (χ0v) is 15.1. The number of benzene rings is 2. The Morgan fingerprint density at radius 3 is 2.31 bits per heavy atom. The molecule has 0 radical (unpaired) electrons. The number of carboxylic acid groups (broad SMARTS) is 1. The van der Waals surface area contributed by atoms with Gasteiger partial charge in [-0.05, 0) is 23.1 Å². The Labute approximate surface area is 152 Å². The average Bonchev–Trinajstić information content (AvgIpc) is 2.62. The Balaban J connectivity index is 2.29. The first kappa shape index (κ1) is 19.8. The fraction of sp³-hybridized carbons (Fsp3) is 0.263. The van der Waals surface area contributed by atoms with Gasteiger partial charge in [-0.1, -0.05) is 59.2 Å². The largest absolute Gasteiger partial charge is 0.481 e. The number of hydrogen-bond acceptors (Lipinski definition) is 4. The molecule has 0 heterocycles. The summed E-state index contributed by atoms with van der Waals surface area (Å²) in [4.78, 5) is 22.5. The zero-order chi connectivity index (χ0) is 19.2. The fourth-order valence-corrected chi connectivity index (χ4v) is 3.57. The Morgan fingerprint density at radius 2 is 1.73 bits per heavy atom. The van der Waals surface area contributed by atoms with Crippen LogP contribution in [0.5, 0.6) is 0 Å². The van der Waals surface area contributed by atoms with Crippen LogP contribution < -0.4 is 5.73 Å². The maximum Gasteiger partial charge on any atom is 0.360 e. The summed E-state index contributed by atoms with van der Waals surface area (Å²) in [5.41, 5.74) is 7.61. The van der Waals surface area contributed by atoms with Gasteiger partial charge in [-0.2, -0.15) is 0 Å². The van der Waals surface area contributed by atoms with E-state index in [4.69, 9.17) is 5.73 Å². The molecule has 0 aliphatic carbocycles. The molecule has 3 atom stereocenters. The molecule has 2 rings (SSSR count). The summed E-state index contributed by atoms with van der Waals surface area (Å²) in [6.07, 6.45) is -0.478. The SMILES string of the molecule is NC(=O)CCC(C(=O)O)C(O)(Cc1cccc(-c2ccccc2)c1)[PH+]=O. The van der Waals surface area contributed by atoms with E-state index in [1.807, 2.05) is 42.5 Å². The Kier molecular flexibility index (Phi) is 6.61. The Hall–Kier alpha value is -2.56. The number of aliphatic carboxylic acids is 1. The fourth-order valence-electron chi connectivity index (χ4n) is 2.89. The molecule has 6 nitrogen and oxygen atoms in total. The van der Waals surface area contributed by atoms with Crippen LogP contribution in [0.15, 0.2) is 54.6 Å². The molecule has 0 aliphatic rings. The van der Waals surface area contributed by atoms with Crippen molar-refractivity contribution in [2.45, 2.75) is 24.6 Å². The summed E-state index contributed by atoms with van der Waals surface area (Å²) < 4.78 is 11.7.